The molecule has 2 aliphatic heterocycles. The number of rotatable bonds is 3. The van der Waals surface area contributed by atoms with E-state index >= 15 is 4.39 Å². The van der Waals surface area contributed by atoms with Gasteiger partial charge >= 0.3 is 6.09 Å². The van der Waals surface area contributed by atoms with Crippen LogP contribution in [0.5, 0.6) is 5.75 Å². The summed E-state index contributed by atoms with van der Waals surface area (Å²) in [5.41, 5.74) is 3.12. The summed E-state index contributed by atoms with van der Waals surface area (Å²) >= 11 is 6.98. The summed E-state index contributed by atoms with van der Waals surface area (Å²) in [6.45, 7) is 10.5. The van der Waals surface area contributed by atoms with Gasteiger partial charge in [-0.3, -0.25) is 9.78 Å². The molecule has 10 heteroatoms. The fourth-order valence-corrected chi connectivity index (χ4v) is 5.99. The van der Waals surface area contributed by atoms with Crippen LogP contribution in [0.1, 0.15) is 46.1 Å². The summed E-state index contributed by atoms with van der Waals surface area (Å²) < 4.78 is 26.4. The third kappa shape index (κ3) is 4.60. The number of nitrogens with zero attached hydrogens (tertiary/aromatic N) is 4. The molecule has 0 bridgehead atoms. The molecule has 1 aromatic heterocycles. The molecule has 3 heterocycles. The van der Waals surface area contributed by atoms with E-state index in [1.165, 1.54) is 13.2 Å². The summed E-state index contributed by atoms with van der Waals surface area (Å²) in [6, 6.07) is 5.89. The van der Waals surface area contributed by atoms with Gasteiger partial charge in [-0.1, -0.05) is 31.5 Å². The van der Waals surface area contributed by atoms with Gasteiger partial charge in [0.1, 0.15) is 23.2 Å². The van der Waals surface area contributed by atoms with Crippen LogP contribution in [0.25, 0.3) is 22.0 Å². The van der Waals surface area contributed by atoms with E-state index in [0.717, 1.165) is 16.6 Å². The number of aromatic nitrogens is 1. The van der Waals surface area contributed by atoms with Crippen LogP contribution in [0.2, 0.25) is 5.02 Å². The molecule has 2 aliphatic rings. The highest BCUT2D eigenvalue weighted by atomic mass is 35.5. The van der Waals surface area contributed by atoms with Gasteiger partial charge in [0.2, 0.25) is 0 Å². The van der Waals surface area contributed by atoms with Crippen molar-refractivity contribution >= 4 is 45.9 Å². The number of likely N-dealkylation sites (N-methyl/N-ethyl adjacent to an activating group) is 1. The number of halogens is 2. The summed E-state index contributed by atoms with van der Waals surface area (Å²) in [4.78, 5) is 36.3. The number of pyridine rings is 1. The van der Waals surface area contributed by atoms with Crippen molar-refractivity contribution in [1.29, 1.82) is 0 Å². The van der Waals surface area contributed by atoms with E-state index in [2.05, 4.69) is 0 Å². The molecule has 0 aliphatic carbocycles. The average molecular weight is 569 g/mol. The van der Waals surface area contributed by atoms with Gasteiger partial charge in [0.25, 0.3) is 5.91 Å². The van der Waals surface area contributed by atoms with Crippen molar-refractivity contribution in [3.63, 3.8) is 0 Å². The lowest BCUT2D eigenvalue weighted by molar-refractivity contribution is -0.120. The predicted octanol–water partition coefficient (Wildman–Crippen LogP) is 6.23. The van der Waals surface area contributed by atoms with E-state index in [1.54, 1.807) is 41.2 Å². The minimum absolute atomic E-state index is 0.0613. The van der Waals surface area contributed by atoms with Crippen LogP contribution in [0.4, 0.5) is 20.6 Å². The van der Waals surface area contributed by atoms with Gasteiger partial charge in [0.15, 0.2) is 0 Å². The third-order valence-corrected chi connectivity index (χ3v) is 7.72. The first-order valence-corrected chi connectivity index (χ1v) is 13.7. The average Bonchev–Trinajstić information content (AvgIpc) is 2.89. The lowest BCUT2D eigenvalue weighted by Crippen LogP contribution is -2.63. The predicted molar refractivity (Wildman–Crippen MR) is 155 cm³/mol. The zero-order valence-electron chi connectivity index (χ0n) is 23.8. The Kier molecular flexibility index (Phi) is 7.06. The minimum Gasteiger partial charge on any atom is -0.496 e. The highest BCUT2D eigenvalue weighted by Gasteiger charge is 2.43. The van der Waals surface area contributed by atoms with Crippen molar-refractivity contribution in [2.75, 3.05) is 43.6 Å². The molecule has 2 aromatic carbocycles. The Bertz CT molecular complexity index is 1520. The standard InChI is InChI=1S/C30H34ClFN4O4/c1-16(2)23-24(25-19(32)9-8-10-22(25)39-7)18(31)13-17-26(23)33-14-20-27(17)36-12-11-35(29(38)40-30(3,4)5)15-21(36)28(37)34(20)6/h8-10,13-14,16,21H,11-12,15H2,1-7H3/t21-/m1/s1. The molecule has 40 heavy (non-hydrogen) atoms. The Hall–Kier alpha value is -3.59. The molecular formula is C30H34ClFN4O4. The van der Waals surface area contributed by atoms with Crippen molar-refractivity contribution in [2.45, 2.75) is 52.2 Å². The molecule has 1 saturated heterocycles. The van der Waals surface area contributed by atoms with E-state index in [4.69, 9.17) is 26.1 Å². The number of hydrogen-bond acceptors (Lipinski definition) is 6. The lowest BCUT2D eigenvalue weighted by atomic mass is 9.88. The van der Waals surface area contributed by atoms with Crippen LogP contribution in [0.3, 0.4) is 0 Å². The number of methoxy groups -OCH3 is 1. The summed E-state index contributed by atoms with van der Waals surface area (Å²) in [6.07, 6.45) is 1.25. The fraction of sp³-hybridized carbons (Fsp3) is 0.433. The largest absolute Gasteiger partial charge is 0.496 e. The van der Waals surface area contributed by atoms with Crippen molar-refractivity contribution in [3.05, 3.63) is 46.9 Å². The maximum absolute atomic E-state index is 15.3. The number of carbonyl (C=O) groups excluding carboxylic acids is 2. The zero-order valence-corrected chi connectivity index (χ0v) is 24.6. The number of carbonyl (C=O) groups is 2. The van der Waals surface area contributed by atoms with E-state index in [9.17, 15) is 9.59 Å². The van der Waals surface area contributed by atoms with Crippen LogP contribution < -0.4 is 14.5 Å². The first-order valence-electron chi connectivity index (χ1n) is 13.3. The molecule has 1 atom stereocenters. The Balaban J connectivity index is 1.69. The number of benzene rings is 2. The van der Waals surface area contributed by atoms with Crippen LogP contribution >= 0.6 is 11.6 Å². The lowest BCUT2D eigenvalue weighted by Gasteiger charge is -2.47. The Morgan fingerprint density at radius 3 is 2.58 bits per heavy atom. The number of piperazine rings is 1. The number of hydrogen-bond donors (Lipinski definition) is 0. The maximum atomic E-state index is 15.3. The van der Waals surface area contributed by atoms with Gasteiger partial charge in [0.05, 0.1) is 42.3 Å². The van der Waals surface area contributed by atoms with Crippen LogP contribution in [-0.4, -0.2) is 67.3 Å². The van der Waals surface area contributed by atoms with Crippen molar-refractivity contribution < 1.29 is 23.5 Å². The molecule has 0 unspecified atom stereocenters. The topological polar surface area (TPSA) is 75.2 Å². The van der Waals surface area contributed by atoms with Gasteiger partial charge in [-0.2, -0.15) is 0 Å². The quantitative estimate of drug-likeness (QED) is 0.373. The van der Waals surface area contributed by atoms with Crippen molar-refractivity contribution in [1.82, 2.24) is 9.88 Å². The molecule has 1 fully saturated rings. The van der Waals surface area contributed by atoms with Crippen LogP contribution in [0.15, 0.2) is 30.5 Å². The number of amides is 2. The molecule has 8 nitrogen and oxygen atoms in total. The second kappa shape index (κ2) is 10.1. The summed E-state index contributed by atoms with van der Waals surface area (Å²) in [5, 5.41) is 1.12. The van der Waals surface area contributed by atoms with Gasteiger partial charge in [-0.15, -0.1) is 0 Å². The molecule has 5 rings (SSSR count). The molecule has 3 aromatic rings. The molecule has 0 spiro atoms. The summed E-state index contributed by atoms with van der Waals surface area (Å²) in [7, 11) is 3.21. The SMILES string of the molecule is COc1cccc(F)c1-c1c(Cl)cc2c3c(cnc2c1C(C)C)N(C)C(=O)[C@H]1CN(C(=O)OC(C)(C)C)CCN31. The fourth-order valence-electron chi connectivity index (χ4n) is 5.68. The smallest absolute Gasteiger partial charge is 0.410 e. The first-order chi connectivity index (χ1) is 18.8. The Morgan fingerprint density at radius 2 is 1.93 bits per heavy atom. The van der Waals surface area contributed by atoms with Gasteiger partial charge in [0, 0.05) is 36.1 Å². The molecular weight excluding hydrogens is 535 g/mol. The number of fused-ring (bicyclic) bond motifs is 5. The molecule has 0 radical (unpaired) electrons. The first kappa shape index (κ1) is 28.0. The van der Waals surface area contributed by atoms with Crippen LogP contribution in [-0.2, 0) is 9.53 Å². The van der Waals surface area contributed by atoms with E-state index in [1.807, 2.05) is 39.5 Å². The Morgan fingerprint density at radius 1 is 1.20 bits per heavy atom. The Labute approximate surface area is 238 Å². The zero-order chi connectivity index (χ0) is 29.1. The maximum Gasteiger partial charge on any atom is 0.410 e. The van der Waals surface area contributed by atoms with Crippen molar-refractivity contribution in [3.8, 4) is 16.9 Å². The van der Waals surface area contributed by atoms with Gasteiger partial charge < -0.3 is 24.2 Å². The molecule has 212 valence electrons. The number of anilines is 2. The summed E-state index contributed by atoms with van der Waals surface area (Å²) in [5.74, 6) is -0.257. The van der Waals surface area contributed by atoms with Crippen LogP contribution in [0, 0.1) is 5.82 Å². The van der Waals surface area contributed by atoms with Crippen molar-refractivity contribution in [2.24, 2.45) is 0 Å². The number of ether oxygens (including phenoxy) is 2. The normalized spacial score (nSPS) is 17.3. The van der Waals surface area contributed by atoms with E-state index in [-0.39, 0.29) is 23.9 Å². The molecule has 0 N–H and O–H groups in total. The third-order valence-electron chi connectivity index (χ3n) is 7.42. The van der Waals surface area contributed by atoms with E-state index < -0.39 is 23.6 Å². The molecule has 0 saturated carbocycles. The van der Waals surface area contributed by atoms with Gasteiger partial charge in [-0.25, -0.2) is 9.18 Å². The van der Waals surface area contributed by atoms with Gasteiger partial charge in [-0.05, 0) is 50.5 Å². The molecule has 2 amide bonds. The highest BCUT2D eigenvalue weighted by molar-refractivity contribution is 6.35. The monoisotopic (exact) mass is 568 g/mol. The second-order valence-corrected chi connectivity index (χ2v) is 11.9. The second-order valence-electron chi connectivity index (χ2n) is 11.5. The highest BCUT2D eigenvalue weighted by Crippen LogP contribution is 2.49. The minimum atomic E-state index is -0.640. The van der Waals surface area contributed by atoms with E-state index in [0.29, 0.717) is 40.6 Å².